The van der Waals surface area contributed by atoms with Crippen molar-refractivity contribution in [3.8, 4) is 5.75 Å². The number of amides is 1. The van der Waals surface area contributed by atoms with Crippen LogP contribution in [0.1, 0.15) is 19.8 Å². The number of piperidine rings is 1. The Morgan fingerprint density at radius 3 is 2.96 bits per heavy atom. The van der Waals surface area contributed by atoms with Crippen molar-refractivity contribution in [1.82, 2.24) is 10.6 Å². The monoisotopic (exact) mass is 328 g/mol. The maximum atomic E-state index is 13.0. The zero-order valence-corrected chi connectivity index (χ0v) is 13.0. The molecule has 3 atom stereocenters. The molecule has 1 unspecified atom stereocenters. The van der Waals surface area contributed by atoms with Gasteiger partial charge in [-0.05, 0) is 38.4 Å². The number of benzene rings is 1. The minimum Gasteiger partial charge on any atom is -0.491 e. The quantitative estimate of drug-likeness (QED) is 0.734. The zero-order chi connectivity index (χ0) is 16.8. The van der Waals surface area contributed by atoms with Crippen molar-refractivity contribution in [2.45, 2.75) is 31.9 Å². The molecular weight excluding hydrogens is 306 g/mol. The Kier molecular flexibility index (Phi) is 6.29. The van der Waals surface area contributed by atoms with E-state index in [4.69, 9.17) is 4.74 Å². The second kappa shape index (κ2) is 8.21. The largest absolute Gasteiger partial charge is 0.491 e. The van der Waals surface area contributed by atoms with Crippen LogP contribution in [0, 0.1) is 17.6 Å². The molecule has 0 aromatic heterocycles. The van der Waals surface area contributed by atoms with Gasteiger partial charge in [0.15, 0.2) is 11.6 Å². The van der Waals surface area contributed by atoms with E-state index in [0.717, 1.165) is 31.5 Å². The highest BCUT2D eigenvalue weighted by molar-refractivity contribution is 5.78. The molecule has 1 saturated heterocycles. The molecule has 0 spiro atoms. The van der Waals surface area contributed by atoms with Gasteiger partial charge in [0.05, 0.1) is 0 Å². The van der Waals surface area contributed by atoms with Crippen LogP contribution in [0.2, 0.25) is 0 Å². The number of aliphatic hydroxyl groups excluding tert-OH is 1. The van der Waals surface area contributed by atoms with E-state index in [1.807, 2.05) is 6.92 Å². The highest BCUT2D eigenvalue weighted by Gasteiger charge is 2.24. The predicted molar refractivity (Wildman–Crippen MR) is 81.1 cm³/mol. The number of rotatable bonds is 6. The molecule has 0 aliphatic carbocycles. The second-order valence-electron chi connectivity index (χ2n) is 5.86. The number of carbonyl (C=O) groups is 1. The molecule has 7 heteroatoms. The van der Waals surface area contributed by atoms with E-state index in [1.54, 1.807) is 0 Å². The summed E-state index contributed by atoms with van der Waals surface area (Å²) in [6.45, 7) is 2.78. The Labute approximate surface area is 134 Å². The van der Waals surface area contributed by atoms with E-state index in [1.165, 1.54) is 6.07 Å². The average molecular weight is 328 g/mol. The van der Waals surface area contributed by atoms with Crippen molar-refractivity contribution < 1.29 is 23.4 Å². The molecule has 1 aliphatic rings. The fourth-order valence-corrected chi connectivity index (χ4v) is 2.55. The van der Waals surface area contributed by atoms with Gasteiger partial charge in [-0.3, -0.25) is 4.79 Å². The molecule has 1 amide bonds. The normalized spacial score (nSPS) is 22.4. The van der Waals surface area contributed by atoms with Gasteiger partial charge in [-0.2, -0.15) is 0 Å². The van der Waals surface area contributed by atoms with E-state index < -0.39 is 17.7 Å². The first-order valence-corrected chi connectivity index (χ1v) is 7.72. The molecule has 1 heterocycles. The van der Waals surface area contributed by atoms with Crippen molar-refractivity contribution in [1.29, 1.82) is 0 Å². The van der Waals surface area contributed by atoms with Gasteiger partial charge in [0.2, 0.25) is 5.91 Å². The maximum Gasteiger partial charge on any atom is 0.223 e. The Hall–Kier alpha value is -1.73. The topological polar surface area (TPSA) is 70.6 Å². The summed E-state index contributed by atoms with van der Waals surface area (Å²) in [5.74, 6) is -1.97. The van der Waals surface area contributed by atoms with Crippen molar-refractivity contribution in [3.05, 3.63) is 29.8 Å². The van der Waals surface area contributed by atoms with Gasteiger partial charge in [-0.25, -0.2) is 8.78 Å². The van der Waals surface area contributed by atoms with Gasteiger partial charge in [-0.15, -0.1) is 0 Å². The molecular formula is C16H22F2N2O3. The Morgan fingerprint density at radius 1 is 1.48 bits per heavy atom. The van der Waals surface area contributed by atoms with Gasteiger partial charge in [-0.1, -0.05) is 0 Å². The van der Waals surface area contributed by atoms with Crippen LogP contribution in [-0.2, 0) is 4.79 Å². The fourth-order valence-electron chi connectivity index (χ4n) is 2.55. The zero-order valence-electron chi connectivity index (χ0n) is 13.0. The molecule has 5 nitrogen and oxygen atoms in total. The molecule has 0 saturated carbocycles. The first-order valence-electron chi connectivity index (χ1n) is 7.72. The third kappa shape index (κ3) is 5.44. The van der Waals surface area contributed by atoms with Gasteiger partial charge >= 0.3 is 0 Å². The molecule has 1 aliphatic heterocycles. The Morgan fingerprint density at radius 2 is 2.26 bits per heavy atom. The van der Waals surface area contributed by atoms with Gasteiger partial charge < -0.3 is 20.5 Å². The fraction of sp³-hybridized carbons (Fsp3) is 0.562. The number of nitrogens with one attached hydrogen (secondary N) is 2. The van der Waals surface area contributed by atoms with Gasteiger partial charge in [0.25, 0.3) is 0 Å². The Bertz CT molecular complexity index is 542. The molecule has 3 N–H and O–H groups in total. The van der Waals surface area contributed by atoms with Crippen LogP contribution in [0.5, 0.6) is 5.75 Å². The summed E-state index contributed by atoms with van der Waals surface area (Å²) >= 11 is 0. The summed E-state index contributed by atoms with van der Waals surface area (Å²) < 4.78 is 31.0. The van der Waals surface area contributed by atoms with E-state index >= 15 is 0 Å². The molecule has 0 bridgehead atoms. The van der Waals surface area contributed by atoms with Crippen LogP contribution in [0.3, 0.4) is 0 Å². The summed E-state index contributed by atoms with van der Waals surface area (Å²) in [4.78, 5) is 12.0. The molecule has 0 radical (unpaired) electrons. The third-order valence-electron chi connectivity index (χ3n) is 3.84. The van der Waals surface area contributed by atoms with Gasteiger partial charge in [0.1, 0.15) is 18.5 Å². The summed E-state index contributed by atoms with van der Waals surface area (Å²) in [5, 5.41) is 15.8. The number of hydrogen-bond acceptors (Lipinski definition) is 4. The van der Waals surface area contributed by atoms with Crippen molar-refractivity contribution in [2.75, 3.05) is 19.7 Å². The van der Waals surface area contributed by atoms with Crippen molar-refractivity contribution in [3.63, 3.8) is 0 Å². The summed E-state index contributed by atoms with van der Waals surface area (Å²) in [7, 11) is 0. The van der Waals surface area contributed by atoms with Crippen molar-refractivity contribution in [2.24, 2.45) is 5.92 Å². The molecule has 2 rings (SSSR count). The van der Waals surface area contributed by atoms with E-state index in [-0.39, 0.29) is 30.7 Å². The lowest BCUT2D eigenvalue weighted by atomic mass is 9.92. The van der Waals surface area contributed by atoms with Crippen molar-refractivity contribution >= 4 is 5.91 Å². The first-order chi connectivity index (χ1) is 11.0. The summed E-state index contributed by atoms with van der Waals surface area (Å²) in [5.41, 5.74) is 0. The predicted octanol–water partition coefficient (Wildman–Crippen LogP) is 1.21. The molecule has 1 fully saturated rings. The number of hydrogen-bond donors (Lipinski definition) is 3. The number of halogens is 2. The highest BCUT2D eigenvalue weighted by atomic mass is 19.2. The van der Waals surface area contributed by atoms with Crippen LogP contribution < -0.4 is 15.4 Å². The SMILES string of the molecule is C[C@H]1C[C@@H](C(=O)NCC(O)COc2ccc(F)c(F)c2)CCN1. The minimum atomic E-state index is -1.01. The van der Waals surface area contributed by atoms with Crippen LogP contribution in [0.25, 0.3) is 0 Å². The van der Waals surface area contributed by atoms with Crippen LogP contribution in [0.4, 0.5) is 8.78 Å². The smallest absolute Gasteiger partial charge is 0.223 e. The first kappa shape index (κ1) is 17.6. The lowest BCUT2D eigenvalue weighted by Gasteiger charge is -2.27. The lowest BCUT2D eigenvalue weighted by molar-refractivity contribution is -0.126. The standard InChI is InChI=1S/C16H22F2N2O3/c1-10-6-11(4-5-19-10)16(22)20-8-12(21)9-23-13-2-3-14(17)15(18)7-13/h2-3,7,10-12,19,21H,4-6,8-9H2,1H3,(H,20,22)/t10-,11-,12?/m0/s1. The summed E-state index contributed by atoms with van der Waals surface area (Å²) in [6.07, 6.45) is 0.622. The average Bonchev–Trinajstić information content (AvgIpc) is 2.53. The second-order valence-corrected chi connectivity index (χ2v) is 5.86. The highest BCUT2D eigenvalue weighted by Crippen LogP contribution is 2.17. The summed E-state index contributed by atoms with van der Waals surface area (Å²) in [6, 6.07) is 3.45. The Balaban J connectivity index is 1.71. The van der Waals surface area contributed by atoms with Crippen LogP contribution >= 0.6 is 0 Å². The van der Waals surface area contributed by atoms with E-state index in [0.29, 0.717) is 6.04 Å². The molecule has 1 aromatic rings. The number of ether oxygens (including phenoxy) is 1. The van der Waals surface area contributed by atoms with Crippen LogP contribution in [-0.4, -0.2) is 42.9 Å². The molecule has 23 heavy (non-hydrogen) atoms. The molecule has 1 aromatic carbocycles. The number of aliphatic hydroxyl groups is 1. The van der Waals surface area contributed by atoms with E-state index in [9.17, 15) is 18.7 Å². The number of carbonyl (C=O) groups excluding carboxylic acids is 1. The maximum absolute atomic E-state index is 13.0. The van der Waals surface area contributed by atoms with Crippen LogP contribution in [0.15, 0.2) is 18.2 Å². The molecule has 128 valence electrons. The lowest BCUT2D eigenvalue weighted by Crippen LogP contribution is -2.44. The minimum absolute atomic E-state index is 0.0504. The third-order valence-corrected chi connectivity index (χ3v) is 3.84. The van der Waals surface area contributed by atoms with Gasteiger partial charge in [0, 0.05) is 24.6 Å². The van der Waals surface area contributed by atoms with E-state index in [2.05, 4.69) is 10.6 Å².